The number of nitrogens with two attached hydrogens (primary N) is 2. The third-order valence-corrected chi connectivity index (χ3v) is 4.30. The van der Waals surface area contributed by atoms with Gasteiger partial charge in [0.05, 0.1) is 18.9 Å². The molecule has 0 aliphatic carbocycles. The van der Waals surface area contributed by atoms with Crippen LogP contribution in [0.15, 0.2) is 23.1 Å². The number of hydrogen-bond acceptors (Lipinski definition) is 6. The molecule has 1 unspecified atom stereocenters. The lowest BCUT2D eigenvalue weighted by Crippen LogP contribution is -2.42. The van der Waals surface area contributed by atoms with E-state index in [2.05, 4.69) is 10.2 Å². The average molecular weight is 314 g/mol. The molecule has 1 heterocycles. The number of rotatable bonds is 5. The van der Waals surface area contributed by atoms with E-state index in [1.807, 2.05) is 6.92 Å². The van der Waals surface area contributed by atoms with Gasteiger partial charge in [-0.15, -0.1) is 0 Å². The second-order valence-electron chi connectivity index (χ2n) is 5.26. The standard InChI is InChI=1S/C13H22N4O3S/c1-10(9-17-4-6-20-7-5-17)16-12-3-2-11(14)8-13(12)21(15,18)19/h2-3,8,10,16H,4-7,9,14H2,1H3,(H2,15,18,19). The van der Waals surface area contributed by atoms with Crippen LogP contribution >= 0.6 is 0 Å². The fraction of sp³-hybridized carbons (Fsp3) is 0.538. The molecule has 5 N–H and O–H groups in total. The van der Waals surface area contributed by atoms with Crippen molar-refractivity contribution in [1.29, 1.82) is 0 Å². The number of morpholine rings is 1. The second kappa shape index (κ2) is 6.61. The largest absolute Gasteiger partial charge is 0.399 e. The van der Waals surface area contributed by atoms with Crippen molar-refractivity contribution in [2.75, 3.05) is 43.9 Å². The molecule has 21 heavy (non-hydrogen) atoms. The Balaban J connectivity index is 2.08. The highest BCUT2D eigenvalue weighted by Gasteiger charge is 2.18. The van der Waals surface area contributed by atoms with Gasteiger partial charge in [-0.1, -0.05) is 0 Å². The average Bonchev–Trinajstić information content (AvgIpc) is 2.40. The van der Waals surface area contributed by atoms with Crippen molar-refractivity contribution in [3.05, 3.63) is 18.2 Å². The van der Waals surface area contributed by atoms with E-state index in [1.54, 1.807) is 12.1 Å². The van der Waals surface area contributed by atoms with E-state index in [0.29, 0.717) is 11.4 Å². The number of primary sulfonamides is 1. The summed E-state index contributed by atoms with van der Waals surface area (Å²) in [7, 11) is -3.81. The van der Waals surface area contributed by atoms with Crippen LogP contribution in [0.25, 0.3) is 0 Å². The Kier molecular flexibility index (Phi) is 5.04. The first-order valence-electron chi connectivity index (χ1n) is 6.85. The molecular weight excluding hydrogens is 292 g/mol. The molecule has 1 atom stereocenters. The molecule has 1 aliphatic rings. The molecule has 0 saturated carbocycles. The Labute approximate surface area is 125 Å². The quantitative estimate of drug-likeness (QED) is 0.662. The van der Waals surface area contributed by atoms with Gasteiger partial charge in [0.1, 0.15) is 4.90 Å². The normalized spacial score (nSPS) is 18.4. The summed E-state index contributed by atoms with van der Waals surface area (Å²) in [6.45, 7) is 6.04. The number of anilines is 2. The highest BCUT2D eigenvalue weighted by Crippen LogP contribution is 2.23. The van der Waals surface area contributed by atoms with Crippen LogP contribution in [0.2, 0.25) is 0 Å². The first-order chi connectivity index (χ1) is 9.86. The van der Waals surface area contributed by atoms with Crippen LogP contribution < -0.4 is 16.2 Å². The Morgan fingerprint density at radius 3 is 2.67 bits per heavy atom. The van der Waals surface area contributed by atoms with E-state index in [0.717, 1.165) is 32.8 Å². The van der Waals surface area contributed by atoms with Gasteiger partial charge in [-0.05, 0) is 25.1 Å². The van der Waals surface area contributed by atoms with Crippen LogP contribution in [0.5, 0.6) is 0 Å². The zero-order chi connectivity index (χ0) is 15.5. The van der Waals surface area contributed by atoms with Crippen LogP contribution in [0.3, 0.4) is 0 Å². The molecule has 1 fully saturated rings. The van der Waals surface area contributed by atoms with Gasteiger partial charge >= 0.3 is 0 Å². The van der Waals surface area contributed by atoms with Gasteiger partial charge < -0.3 is 15.8 Å². The Morgan fingerprint density at radius 1 is 1.38 bits per heavy atom. The summed E-state index contributed by atoms with van der Waals surface area (Å²) < 4.78 is 28.6. The third-order valence-electron chi connectivity index (χ3n) is 3.35. The molecular formula is C13H22N4O3S. The number of benzene rings is 1. The monoisotopic (exact) mass is 314 g/mol. The van der Waals surface area contributed by atoms with E-state index in [1.165, 1.54) is 6.07 Å². The van der Waals surface area contributed by atoms with Gasteiger partial charge in [-0.2, -0.15) is 0 Å². The lowest BCUT2D eigenvalue weighted by Gasteiger charge is -2.30. The summed E-state index contributed by atoms with van der Waals surface area (Å²) in [4.78, 5) is 2.30. The summed E-state index contributed by atoms with van der Waals surface area (Å²) in [5.41, 5.74) is 6.48. The molecule has 0 bridgehead atoms. The van der Waals surface area contributed by atoms with Crippen LogP contribution in [-0.4, -0.2) is 52.2 Å². The smallest absolute Gasteiger partial charge is 0.240 e. The summed E-state index contributed by atoms with van der Waals surface area (Å²) in [6, 6.07) is 4.75. The maximum atomic E-state index is 11.6. The van der Waals surface area contributed by atoms with Crippen molar-refractivity contribution in [2.24, 2.45) is 5.14 Å². The van der Waals surface area contributed by atoms with Gasteiger partial charge in [0.2, 0.25) is 10.0 Å². The minimum Gasteiger partial charge on any atom is -0.399 e. The van der Waals surface area contributed by atoms with Crippen molar-refractivity contribution in [3.8, 4) is 0 Å². The summed E-state index contributed by atoms with van der Waals surface area (Å²) >= 11 is 0. The predicted molar refractivity (Wildman–Crippen MR) is 82.6 cm³/mol. The van der Waals surface area contributed by atoms with Crippen molar-refractivity contribution < 1.29 is 13.2 Å². The van der Waals surface area contributed by atoms with Crippen molar-refractivity contribution >= 4 is 21.4 Å². The molecule has 8 heteroatoms. The summed E-state index contributed by atoms with van der Waals surface area (Å²) in [5.74, 6) is 0. The van der Waals surface area contributed by atoms with Crippen molar-refractivity contribution in [1.82, 2.24) is 4.90 Å². The minimum atomic E-state index is -3.81. The lowest BCUT2D eigenvalue weighted by atomic mass is 10.2. The third kappa shape index (κ3) is 4.57. The second-order valence-corrected chi connectivity index (χ2v) is 6.79. The molecule has 0 aromatic heterocycles. The zero-order valence-electron chi connectivity index (χ0n) is 12.1. The fourth-order valence-corrected chi connectivity index (χ4v) is 3.11. The van der Waals surface area contributed by atoms with E-state index >= 15 is 0 Å². The van der Waals surface area contributed by atoms with E-state index < -0.39 is 10.0 Å². The van der Waals surface area contributed by atoms with Crippen LogP contribution in [0, 0.1) is 0 Å². The fourth-order valence-electron chi connectivity index (χ4n) is 2.38. The Morgan fingerprint density at radius 2 is 2.05 bits per heavy atom. The van der Waals surface area contributed by atoms with Gasteiger partial charge in [-0.25, -0.2) is 13.6 Å². The van der Waals surface area contributed by atoms with Gasteiger partial charge in [0, 0.05) is 31.4 Å². The van der Waals surface area contributed by atoms with Crippen molar-refractivity contribution in [3.63, 3.8) is 0 Å². The highest BCUT2D eigenvalue weighted by molar-refractivity contribution is 7.89. The first-order valence-corrected chi connectivity index (χ1v) is 8.40. The SMILES string of the molecule is CC(CN1CCOCC1)Nc1ccc(N)cc1S(N)(=O)=O. The van der Waals surface area contributed by atoms with Gasteiger partial charge in [0.15, 0.2) is 0 Å². The van der Waals surface area contributed by atoms with Gasteiger partial charge in [-0.3, -0.25) is 4.90 Å². The molecule has 1 aromatic rings. The minimum absolute atomic E-state index is 0.0244. The Bertz CT molecular complexity index is 585. The number of hydrogen-bond donors (Lipinski definition) is 3. The maximum absolute atomic E-state index is 11.6. The number of ether oxygens (including phenoxy) is 1. The molecule has 0 amide bonds. The Hall–Kier alpha value is -1.35. The van der Waals surface area contributed by atoms with Crippen LogP contribution in [0.4, 0.5) is 11.4 Å². The van der Waals surface area contributed by atoms with Crippen LogP contribution in [-0.2, 0) is 14.8 Å². The van der Waals surface area contributed by atoms with E-state index in [-0.39, 0.29) is 10.9 Å². The molecule has 2 rings (SSSR count). The van der Waals surface area contributed by atoms with Crippen LogP contribution in [0.1, 0.15) is 6.92 Å². The molecule has 1 aliphatic heterocycles. The predicted octanol–water partition coefficient (Wildman–Crippen LogP) is 0.0488. The molecule has 1 saturated heterocycles. The number of nitrogen functional groups attached to an aromatic ring is 1. The molecule has 118 valence electrons. The first kappa shape index (κ1) is 16.0. The lowest BCUT2D eigenvalue weighted by molar-refractivity contribution is 0.0368. The number of sulfonamides is 1. The highest BCUT2D eigenvalue weighted by atomic mass is 32.2. The van der Waals surface area contributed by atoms with Gasteiger partial charge in [0.25, 0.3) is 0 Å². The molecule has 7 nitrogen and oxygen atoms in total. The number of nitrogens with one attached hydrogen (secondary N) is 1. The van der Waals surface area contributed by atoms with Crippen molar-refractivity contribution in [2.45, 2.75) is 17.9 Å². The van der Waals surface area contributed by atoms with E-state index in [9.17, 15) is 8.42 Å². The maximum Gasteiger partial charge on any atom is 0.240 e. The molecule has 0 radical (unpaired) electrons. The zero-order valence-corrected chi connectivity index (χ0v) is 12.9. The summed E-state index contributed by atoms with van der Waals surface area (Å²) in [6.07, 6.45) is 0. The molecule has 1 aromatic carbocycles. The summed E-state index contributed by atoms with van der Waals surface area (Å²) in [5, 5.41) is 8.43. The van der Waals surface area contributed by atoms with E-state index in [4.69, 9.17) is 15.6 Å². The number of nitrogens with zero attached hydrogens (tertiary/aromatic N) is 1. The topological polar surface area (TPSA) is 111 Å². The molecule has 0 spiro atoms.